The molecule has 8 heteroatoms. The quantitative estimate of drug-likeness (QED) is 0.738. The molecule has 0 atom stereocenters. The summed E-state index contributed by atoms with van der Waals surface area (Å²) in [7, 11) is 0. The number of rotatable bonds is 2. The van der Waals surface area contributed by atoms with Gasteiger partial charge in [-0.3, -0.25) is 0 Å². The lowest BCUT2D eigenvalue weighted by Crippen LogP contribution is -2.08. The van der Waals surface area contributed by atoms with Crippen LogP contribution in [-0.4, -0.2) is 16.1 Å². The van der Waals surface area contributed by atoms with E-state index in [0.29, 0.717) is 11.1 Å². The van der Waals surface area contributed by atoms with E-state index in [4.69, 9.17) is 57.2 Å². The van der Waals surface area contributed by atoms with Gasteiger partial charge in [0, 0.05) is 5.56 Å². The number of carboxylic acids is 1. The first-order valence-corrected chi connectivity index (χ1v) is 7.09. The monoisotopic (exact) mass is 364 g/mol. The van der Waals surface area contributed by atoms with Crippen LogP contribution in [0.3, 0.4) is 0 Å². The molecule has 0 bridgehead atoms. The Morgan fingerprint density at radius 3 is 2.33 bits per heavy atom. The molecule has 3 N–H and O–H groups in total. The first-order valence-electron chi connectivity index (χ1n) is 5.58. The fourth-order valence-corrected chi connectivity index (χ4v) is 2.67. The lowest BCUT2D eigenvalue weighted by molar-refractivity contribution is 0.0691. The zero-order chi connectivity index (χ0) is 15.9. The van der Waals surface area contributed by atoms with Crippen molar-refractivity contribution in [2.75, 3.05) is 5.73 Å². The molecular formula is C13H8Cl4N2O2. The number of benzene rings is 1. The minimum absolute atomic E-state index is 0.111. The lowest BCUT2D eigenvalue weighted by atomic mass is 10.0. The van der Waals surface area contributed by atoms with Crippen LogP contribution in [-0.2, 0) is 0 Å². The Labute approximate surface area is 140 Å². The highest BCUT2D eigenvalue weighted by atomic mass is 35.5. The van der Waals surface area contributed by atoms with Gasteiger partial charge in [0.15, 0.2) is 5.69 Å². The normalized spacial score (nSPS) is 10.7. The molecule has 2 rings (SSSR count). The summed E-state index contributed by atoms with van der Waals surface area (Å²) in [5, 5.41) is 9.63. The smallest absolute Gasteiger partial charge is 0.356 e. The number of aromatic nitrogens is 1. The van der Waals surface area contributed by atoms with Gasteiger partial charge in [0.25, 0.3) is 0 Å². The molecule has 21 heavy (non-hydrogen) atoms. The van der Waals surface area contributed by atoms with Crippen LogP contribution in [0.5, 0.6) is 0 Å². The van der Waals surface area contributed by atoms with Crippen LogP contribution in [0.1, 0.15) is 16.1 Å². The molecule has 0 fully saturated rings. The van der Waals surface area contributed by atoms with Crippen molar-refractivity contribution in [1.82, 2.24) is 4.98 Å². The molecule has 1 heterocycles. The van der Waals surface area contributed by atoms with Crippen molar-refractivity contribution in [1.29, 1.82) is 0 Å². The van der Waals surface area contributed by atoms with E-state index in [9.17, 15) is 4.79 Å². The number of nitrogens with two attached hydrogens (primary N) is 1. The second-order valence-electron chi connectivity index (χ2n) is 4.19. The average Bonchev–Trinajstić information content (AvgIpc) is 2.43. The molecule has 1 aromatic carbocycles. The van der Waals surface area contributed by atoms with Crippen molar-refractivity contribution in [3.8, 4) is 11.3 Å². The number of aromatic carboxylic acids is 1. The van der Waals surface area contributed by atoms with Gasteiger partial charge >= 0.3 is 5.97 Å². The van der Waals surface area contributed by atoms with Crippen LogP contribution in [0.2, 0.25) is 20.1 Å². The van der Waals surface area contributed by atoms with Crippen molar-refractivity contribution >= 4 is 58.1 Å². The van der Waals surface area contributed by atoms with Crippen molar-refractivity contribution < 1.29 is 9.90 Å². The SMILES string of the molecule is Cc1c(-c2ccc(Cl)c(Cl)c2Cl)nc(C(=O)O)c(Cl)c1N. The summed E-state index contributed by atoms with van der Waals surface area (Å²) in [6.45, 7) is 1.66. The molecule has 0 saturated carbocycles. The number of anilines is 1. The molecule has 0 unspecified atom stereocenters. The van der Waals surface area contributed by atoms with Crippen molar-refractivity contribution in [3.63, 3.8) is 0 Å². The first-order chi connectivity index (χ1) is 9.75. The number of carbonyl (C=O) groups is 1. The number of nitrogen functional groups attached to an aromatic ring is 1. The number of pyridine rings is 1. The van der Waals surface area contributed by atoms with E-state index in [1.54, 1.807) is 13.0 Å². The van der Waals surface area contributed by atoms with E-state index in [0.717, 1.165) is 0 Å². The van der Waals surface area contributed by atoms with Crippen molar-refractivity contribution in [3.05, 3.63) is 43.5 Å². The predicted octanol–water partition coefficient (Wildman–Crippen LogP) is 4.95. The third-order valence-corrected chi connectivity index (χ3v) is 4.60. The largest absolute Gasteiger partial charge is 0.476 e. The summed E-state index contributed by atoms with van der Waals surface area (Å²) in [6, 6.07) is 3.13. The van der Waals surface area contributed by atoms with Gasteiger partial charge in [-0.25, -0.2) is 9.78 Å². The fourth-order valence-electron chi connectivity index (χ4n) is 1.78. The third-order valence-electron chi connectivity index (χ3n) is 2.92. The molecule has 110 valence electrons. The van der Waals surface area contributed by atoms with E-state index >= 15 is 0 Å². The molecule has 2 aromatic rings. The van der Waals surface area contributed by atoms with Gasteiger partial charge in [-0.1, -0.05) is 46.4 Å². The number of hydrogen-bond donors (Lipinski definition) is 2. The second-order valence-corrected chi connectivity index (χ2v) is 5.73. The van der Waals surface area contributed by atoms with Gasteiger partial charge in [-0.05, 0) is 24.6 Å². The summed E-state index contributed by atoms with van der Waals surface area (Å²) < 4.78 is 0. The molecule has 1 aromatic heterocycles. The third kappa shape index (κ3) is 2.77. The predicted molar refractivity (Wildman–Crippen MR) is 85.8 cm³/mol. The van der Waals surface area contributed by atoms with E-state index in [1.165, 1.54) is 6.07 Å². The van der Waals surface area contributed by atoms with Gasteiger partial charge in [-0.2, -0.15) is 0 Å². The Hall–Kier alpha value is -1.20. The molecular weight excluding hydrogens is 358 g/mol. The first kappa shape index (κ1) is 16.2. The van der Waals surface area contributed by atoms with Gasteiger partial charge in [0.05, 0.1) is 31.5 Å². The van der Waals surface area contributed by atoms with Crippen LogP contribution in [0.15, 0.2) is 12.1 Å². The summed E-state index contributed by atoms with van der Waals surface area (Å²) in [6.07, 6.45) is 0. The summed E-state index contributed by atoms with van der Waals surface area (Å²) in [5.74, 6) is -1.29. The van der Waals surface area contributed by atoms with Gasteiger partial charge in [-0.15, -0.1) is 0 Å². The lowest BCUT2D eigenvalue weighted by Gasteiger charge is -2.14. The van der Waals surface area contributed by atoms with Crippen LogP contribution in [0, 0.1) is 6.92 Å². The van der Waals surface area contributed by atoms with E-state index in [2.05, 4.69) is 4.98 Å². The minimum atomic E-state index is -1.29. The Kier molecular flexibility index (Phi) is 4.54. The molecule has 0 aliphatic heterocycles. The van der Waals surface area contributed by atoms with Crippen LogP contribution in [0.25, 0.3) is 11.3 Å². The number of carboxylic acid groups (broad SMARTS) is 1. The molecule has 0 radical (unpaired) electrons. The van der Waals surface area contributed by atoms with Crippen LogP contribution >= 0.6 is 46.4 Å². The summed E-state index contributed by atoms with van der Waals surface area (Å²) >= 11 is 23.9. The van der Waals surface area contributed by atoms with E-state index in [1.807, 2.05) is 0 Å². The van der Waals surface area contributed by atoms with Gasteiger partial charge < -0.3 is 10.8 Å². The van der Waals surface area contributed by atoms with Crippen molar-refractivity contribution in [2.45, 2.75) is 6.92 Å². The maximum atomic E-state index is 11.2. The Morgan fingerprint density at radius 1 is 1.14 bits per heavy atom. The Morgan fingerprint density at radius 2 is 1.76 bits per heavy atom. The Bertz CT molecular complexity index is 763. The molecule has 0 amide bonds. The summed E-state index contributed by atoms with van der Waals surface area (Å²) in [5.41, 5.74) is 6.84. The summed E-state index contributed by atoms with van der Waals surface area (Å²) in [4.78, 5) is 15.2. The number of halogens is 4. The molecule has 0 aliphatic rings. The van der Waals surface area contributed by atoms with E-state index in [-0.39, 0.29) is 37.2 Å². The number of hydrogen-bond acceptors (Lipinski definition) is 3. The minimum Gasteiger partial charge on any atom is -0.476 e. The van der Waals surface area contributed by atoms with Crippen LogP contribution in [0.4, 0.5) is 5.69 Å². The van der Waals surface area contributed by atoms with Crippen molar-refractivity contribution in [2.24, 2.45) is 0 Å². The average molecular weight is 366 g/mol. The number of nitrogens with zero attached hydrogens (tertiary/aromatic N) is 1. The van der Waals surface area contributed by atoms with Gasteiger partial charge in [0.1, 0.15) is 0 Å². The Balaban J connectivity index is 2.82. The van der Waals surface area contributed by atoms with Crippen LogP contribution < -0.4 is 5.73 Å². The molecule has 0 aliphatic carbocycles. The maximum absolute atomic E-state index is 11.2. The fraction of sp³-hybridized carbons (Fsp3) is 0.0769. The van der Waals surface area contributed by atoms with Gasteiger partial charge in [0.2, 0.25) is 0 Å². The topological polar surface area (TPSA) is 76.2 Å². The zero-order valence-corrected chi connectivity index (χ0v) is 13.6. The highest BCUT2D eigenvalue weighted by Crippen LogP contribution is 2.40. The second kappa shape index (κ2) is 5.89. The molecule has 0 saturated heterocycles. The standard InChI is InChI=1S/C13H8Cl4N2O2/c1-4-10(18)9(17)12(13(20)21)19-11(4)5-2-3-6(14)8(16)7(5)15/h2-3H,1H3,(H2,18,19)(H,20,21). The molecule has 0 spiro atoms. The highest BCUT2D eigenvalue weighted by Gasteiger charge is 2.21. The zero-order valence-electron chi connectivity index (χ0n) is 10.5. The maximum Gasteiger partial charge on any atom is 0.356 e. The molecule has 4 nitrogen and oxygen atoms in total. The van der Waals surface area contributed by atoms with E-state index < -0.39 is 5.97 Å². The highest BCUT2D eigenvalue weighted by molar-refractivity contribution is 6.49.